The van der Waals surface area contributed by atoms with Crippen LogP contribution in [0.3, 0.4) is 0 Å². The van der Waals surface area contributed by atoms with Crippen LogP contribution >= 0.6 is 15.9 Å². The van der Waals surface area contributed by atoms with Crippen LogP contribution in [0.5, 0.6) is 5.75 Å². The first-order chi connectivity index (χ1) is 9.51. The van der Waals surface area contributed by atoms with E-state index in [1.165, 1.54) is 6.20 Å². The van der Waals surface area contributed by atoms with Crippen molar-refractivity contribution in [3.8, 4) is 5.75 Å². The summed E-state index contributed by atoms with van der Waals surface area (Å²) in [6.07, 6.45) is 1.46. The Morgan fingerprint density at radius 3 is 2.43 bits per heavy atom. The van der Waals surface area contributed by atoms with E-state index in [0.29, 0.717) is 10.5 Å². The Bertz CT molecular complexity index is 873. The summed E-state index contributed by atoms with van der Waals surface area (Å²) < 4.78 is 64.2. The van der Waals surface area contributed by atoms with Gasteiger partial charge in [0.05, 0.1) is 5.52 Å². The fourth-order valence-corrected chi connectivity index (χ4v) is 2.72. The molecule has 0 aliphatic rings. The molecule has 0 atom stereocenters. The summed E-state index contributed by atoms with van der Waals surface area (Å²) in [7, 11) is -5.82. The van der Waals surface area contributed by atoms with Crippen molar-refractivity contribution in [2.24, 2.45) is 0 Å². The number of halogens is 4. The molecule has 2 rings (SSSR count). The van der Waals surface area contributed by atoms with Crippen molar-refractivity contribution < 1.29 is 25.8 Å². The molecule has 0 aromatic carbocycles. The summed E-state index contributed by atoms with van der Waals surface area (Å²) in [5, 5.41) is 0. The van der Waals surface area contributed by atoms with E-state index < -0.39 is 26.9 Å². The van der Waals surface area contributed by atoms with E-state index in [-0.39, 0.29) is 5.52 Å². The van der Waals surface area contributed by atoms with Gasteiger partial charge in [-0.15, -0.1) is 0 Å². The standard InChI is InChI=1S/C11H7BrF3NO4S/c1-6-2-8(12)9-3-7(4-10(17)16(9)5-6)20-21(18,19)11(13,14)15/h2-5H,1H3. The lowest BCUT2D eigenvalue weighted by molar-refractivity contribution is -0.0500. The van der Waals surface area contributed by atoms with Crippen LogP contribution in [0, 0.1) is 6.92 Å². The molecule has 2 aromatic rings. The van der Waals surface area contributed by atoms with Crippen molar-refractivity contribution in [1.82, 2.24) is 4.40 Å². The quantitative estimate of drug-likeness (QED) is 0.588. The first-order valence-electron chi connectivity index (χ1n) is 5.34. The molecule has 5 nitrogen and oxygen atoms in total. The van der Waals surface area contributed by atoms with Crippen molar-refractivity contribution in [3.05, 3.63) is 44.8 Å². The molecule has 0 spiro atoms. The van der Waals surface area contributed by atoms with Gasteiger partial charge in [0, 0.05) is 22.8 Å². The van der Waals surface area contributed by atoms with Crippen LogP contribution in [0.2, 0.25) is 0 Å². The predicted molar refractivity (Wildman–Crippen MR) is 71.7 cm³/mol. The zero-order valence-corrected chi connectivity index (χ0v) is 12.7. The number of pyridine rings is 2. The average Bonchev–Trinajstić information content (AvgIpc) is 2.28. The normalized spacial score (nSPS) is 12.6. The van der Waals surface area contributed by atoms with Crippen molar-refractivity contribution in [3.63, 3.8) is 0 Å². The fourth-order valence-electron chi connectivity index (χ4n) is 1.61. The summed E-state index contributed by atoms with van der Waals surface area (Å²) >= 11 is 3.15. The second-order valence-electron chi connectivity index (χ2n) is 4.13. The first-order valence-corrected chi connectivity index (χ1v) is 7.55. The minimum absolute atomic E-state index is 0.181. The number of rotatable bonds is 2. The molecule has 0 unspecified atom stereocenters. The van der Waals surface area contributed by atoms with Gasteiger partial charge in [0.2, 0.25) is 0 Å². The minimum atomic E-state index is -5.82. The molecule has 0 saturated carbocycles. The van der Waals surface area contributed by atoms with Crippen LogP contribution in [-0.4, -0.2) is 18.3 Å². The van der Waals surface area contributed by atoms with E-state index in [9.17, 15) is 26.4 Å². The Morgan fingerprint density at radius 2 is 1.86 bits per heavy atom. The second-order valence-corrected chi connectivity index (χ2v) is 6.53. The Morgan fingerprint density at radius 1 is 1.24 bits per heavy atom. The highest BCUT2D eigenvalue weighted by Gasteiger charge is 2.48. The van der Waals surface area contributed by atoms with Crippen LogP contribution in [0.25, 0.3) is 5.52 Å². The summed E-state index contributed by atoms with van der Waals surface area (Å²) in [6, 6.07) is 3.31. The third-order valence-electron chi connectivity index (χ3n) is 2.46. The highest BCUT2D eigenvalue weighted by atomic mass is 79.9. The molecule has 0 aliphatic carbocycles. The summed E-state index contributed by atoms with van der Waals surface area (Å²) in [5.41, 5.74) is -5.37. The number of hydrogen-bond donors (Lipinski definition) is 0. The van der Waals surface area contributed by atoms with E-state index in [1.807, 2.05) is 0 Å². The Kier molecular flexibility index (Phi) is 3.79. The monoisotopic (exact) mass is 385 g/mol. The Hall–Kier alpha value is -1.55. The second kappa shape index (κ2) is 5.02. The lowest BCUT2D eigenvalue weighted by Crippen LogP contribution is -2.28. The van der Waals surface area contributed by atoms with Crippen molar-refractivity contribution in [1.29, 1.82) is 0 Å². The fraction of sp³-hybridized carbons (Fsp3) is 0.182. The Labute approximate surface area is 125 Å². The van der Waals surface area contributed by atoms with Gasteiger partial charge in [-0.2, -0.15) is 21.6 Å². The lowest BCUT2D eigenvalue weighted by Gasteiger charge is -2.11. The van der Waals surface area contributed by atoms with E-state index in [1.54, 1.807) is 13.0 Å². The number of aromatic nitrogens is 1. The molecule has 0 amide bonds. The molecule has 0 aliphatic heterocycles. The molecule has 0 saturated heterocycles. The molecule has 0 bridgehead atoms. The lowest BCUT2D eigenvalue weighted by atomic mass is 10.2. The number of nitrogens with zero attached hydrogens (tertiary/aromatic N) is 1. The largest absolute Gasteiger partial charge is 0.534 e. The van der Waals surface area contributed by atoms with E-state index >= 15 is 0 Å². The molecular formula is C11H7BrF3NO4S. The van der Waals surface area contributed by atoms with Crippen LogP contribution in [-0.2, 0) is 10.1 Å². The maximum Gasteiger partial charge on any atom is 0.534 e. The highest BCUT2D eigenvalue weighted by molar-refractivity contribution is 9.10. The molecule has 21 heavy (non-hydrogen) atoms. The van der Waals surface area contributed by atoms with Crippen LogP contribution < -0.4 is 9.74 Å². The zero-order valence-electron chi connectivity index (χ0n) is 10.3. The molecule has 0 N–H and O–H groups in total. The third kappa shape index (κ3) is 3.05. The highest BCUT2D eigenvalue weighted by Crippen LogP contribution is 2.28. The van der Waals surface area contributed by atoms with Gasteiger partial charge in [0.1, 0.15) is 0 Å². The summed E-state index contributed by atoms with van der Waals surface area (Å²) in [4.78, 5) is 11.8. The summed E-state index contributed by atoms with van der Waals surface area (Å²) in [5.74, 6) is -0.707. The van der Waals surface area contributed by atoms with E-state index in [4.69, 9.17) is 0 Å². The minimum Gasteiger partial charge on any atom is -0.376 e. The van der Waals surface area contributed by atoms with Crippen LogP contribution in [0.15, 0.2) is 33.7 Å². The first kappa shape index (κ1) is 15.8. The van der Waals surface area contributed by atoms with Crippen molar-refractivity contribution in [2.45, 2.75) is 12.4 Å². The van der Waals surface area contributed by atoms with Gasteiger partial charge in [0.15, 0.2) is 5.75 Å². The predicted octanol–water partition coefficient (Wildman–Crippen LogP) is 2.60. The SMILES string of the molecule is Cc1cc(Br)c2cc(OS(=O)(=O)C(F)(F)F)cc(=O)n2c1. The maximum atomic E-state index is 12.3. The molecule has 2 heterocycles. The van der Waals surface area contributed by atoms with Gasteiger partial charge in [-0.1, -0.05) is 0 Å². The van der Waals surface area contributed by atoms with Crippen LogP contribution in [0.4, 0.5) is 13.2 Å². The number of aryl methyl sites for hydroxylation is 1. The van der Waals surface area contributed by atoms with Gasteiger partial charge in [-0.25, -0.2) is 0 Å². The van der Waals surface area contributed by atoms with Gasteiger partial charge in [0.25, 0.3) is 5.56 Å². The van der Waals surface area contributed by atoms with Crippen LogP contribution in [0.1, 0.15) is 5.56 Å². The van der Waals surface area contributed by atoms with Gasteiger partial charge in [-0.05, 0) is 34.5 Å². The van der Waals surface area contributed by atoms with E-state index in [0.717, 1.165) is 16.0 Å². The molecule has 0 radical (unpaired) electrons. The number of alkyl halides is 3. The zero-order chi connectivity index (χ0) is 16.0. The van der Waals surface area contributed by atoms with E-state index in [2.05, 4.69) is 20.1 Å². The number of fused-ring (bicyclic) bond motifs is 1. The smallest absolute Gasteiger partial charge is 0.376 e. The molecule has 0 fully saturated rings. The van der Waals surface area contributed by atoms with Gasteiger partial charge in [-0.3, -0.25) is 9.20 Å². The average molecular weight is 386 g/mol. The van der Waals surface area contributed by atoms with Crippen molar-refractivity contribution in [2.75, 3.05) is 0 Å². The topological polar surface area (TPSA) is 64.9 Å². The number of hydrogen-bond acceptors (Lipinski definition) is 4. The molecule has 114 valence electrons. The maximum absolute atomic E-state index is 12.3. The third-order valence-corrected chi connectivity index (χ3v) is 4.08. The summed E-state index contributed by atoms with van der Waals surface area (Å²) in [6.45, 7) is 1.72. The van der Waals surface area contributed by atoms with Gasteiger partial charge < -0.3 is 4.18 Å². The van der Waals surface area contributed by atoms with Gasteiger partial charge >= 0.3 is 15.6 Å². The molecular weight excluding hydrogens is 379 g/mol. The Balaban J connectivity index is 2.62. The molecule has 2 aromatic heterocycles. The van der Waals surface area contributed by atoms with Crippen molar-refractivity contribution >= 4 is 31.6 Å². The molecule has 10 heteroatoms.